The average molecular weight is 348 g/mol. The molecule has 0 bridgehead atoms. The molecule has 3 rings (SSSR count). The first kappa shape index (κ1) is 18.4. The van der Waals surface area contributed by atoms with Crippen LogP contribution in [-0.4, -0.2) is 25.1 Å². The SMILES string of the molecule is C=C=C1C(Cc2c(C)cccc2C)CCN1CCc1ccc(OC)cc1. The van der Waals surface area contributed by atoms with Gasteiger partial charge in [0.1, 0.15) is 5.75 Å². The maximum Gasteiger partial charge on any atom is 0.118 e. The Hall–Kier alpha value is -2.44. The van der Waals surface area contributed by atoms with Gasteiger partial charge in [0.05, 0.1) is 12.8 Å². The van der Waals surface area contributed by atoms with E-state index in [-0.39, 0.29) is 0 Å². The maximum atomic E-state index is 5.24. The Balaban J connectivity index is 1.64. The van der Waals surface area contributed by atoms with Crippen molar-refractivity contribution in [3.8, 4) is 5.75 Å². The summed E-state index contributed by atoms with van der Waals surface area (Å²) in [5.41, 5.74) is 10.2. The first-order valence-electron chi connectivity index (χ1n) is 9.45. The van der Waals surface area contributed by atoms with E-state index in [9.17, 15) is 0 Å². The largest absolute Gasteiger partial charge is 0.497 e. The lowest BCUT2D eigenvalue weighted by Gasteiger charge is -2.21. The summed E-state index contributed by atoms with van der Waals surface area (Å²) in [6.45, 7) is 10.5. The van der Waals surface area contributed by atoms with Crippen molar-refractivity contribution in [3.05, 3.63) is 82.7 Å². The standard InChI is InChI=1S/C24H29NO/c1-5-24-21(17-23-18(2)7-6-8-19(23)3)14-16-25(24)15-13-20-9-11-22(26-4)12-10-20/h6-12,21H,1,13-17H2,2-4H3. The van der Waals surface area contributed by atoms with Crippen molar-refractivity contribution < 1.29 is 4.74 Å². The Morgan fingerprint density at radius 2 is 1.81 bits per heavy atom. The summed E-state index contributed by atoms with van der Waals surface area (Å²) in [5, 5.41) is 0. The van der Waals surface area contributed by atoms with Gasteiger partial charge in [-0.15, -0.1) is 5.73 Å². The second-order valence-corrected chi connectivity index (χ2v) is 7.21. The maximum absolute atomic E-state index is 5.24. The van der Waals surface area contributed by atoms with Crippen LogP contribution >= 0.6 is 0 Å². The normalized spacial score (nSPS) is 16.7. The minimum atomic E-state index is 0.531. The molecule has 1 fully saturated rings. The predicted molar refractivity (Wildman–Crippen MR) is 109 cm³/mol. The van der Waals surface area contributed by atoms with E-state index in [1.807, 2.05) is 12.1 Å². The molecule has 0 aromatic heterocycles. The molecule has 0 N–H and O–H groups in total. The number of allylic oxidation sites excluding steroid dienone is 1. The van der Waals surface area contributed by atoms with E-state index in [0.29, 0.717) is 5.92 Å². The molecule has 0 saturated carbocycles. The first-order valence-corrected chi connectivity index (χ1v) is 9.45. The minimum absolute atomic E-state index is 0.531. The fourth-order valence-corrected chi connectivity index (χ4v) is 3.99. The molecular weight excluding hydrogens is 318 g/mol. The Labute approximate surface area is 157 Å². The summed E-state index contributed by atoms with van der Waals surface area (Å²) in [4.78, 5) is 2.47. The molecule has 1 saturated heterocycles. The van der Waals surface area contributed by atoms with Gasteiger partial charge < -0.3 is 9.64 Å². The second-order valence-electron chi connectivity index (χ2n) is 7.21. The highest BCUT2D eigenvalue weighted by atomic mass is 16.5. The molecule has 1 heterocycles. The zero-order chi connectivity index (χ0) is 18.5. The van der Waals surface area contributed by atoms with Crippen molar-refractivity contribution in [2.45, 2.75) is 33.1 Å². The molecule has 2 aromatic rings. The topological polar surface area (TPSA) is 12.5 Å². The lowest BCUT2D eigenvalue weighted by molar-refractivity contribution is 0.393. The first-order chi connectivity index (χ1) is 12.6. The number of benzene rings is 2. The molecule has 0 spiro atoms. The quantitative estimate of drug-likeness (QED) is 0.675. The van der Waals surface area contributed by atoms with E-state index in [4.69, 9.17) is 4.74 Å². The van der Waals surface area contributed by atoms with Gasteiger partial charge in [-0.1, -0.05) is 36.9 Å². The van der Waals surface area contributed by atoms with Crippen molar-refractivity contribution in [1.29, 1.82) is 0 Å². The van der Waals surface area contributed by atoms with E-state index in [2.05, 4.69) is 61.4 Å². The number of methoxy groups -OCH3 is 1. The number of rotatable bonds is 6. The third kappa shape index (κ3) is 4.03. The summed E-state index contributed by atoms with van der Waals surface area (Å²) in [6.07, 6.45) is 3.31. The van der Waals surface area contributed by atoms with Gasteiger partial charge in [0.15, 0.2) is 0 Å². The van der Waals surface area contributed by atoms with Crippen LogP contribution in [0, 0.1) is 19.8 Å². The third-order valence-electron chi connectivity index (χ3n) is 5.58. The van der Waals surface area contributed by atoms with Crippen LogP contribution < -0.4 is 4.74 Å². The molecule has 0 radical (unpaired) electrons. The minimum Gasteiger partial charge on any atom is -0.497 e. The molecule has 1 aliphatic rings. The van der Waals surface area contributed by atoms with E-state index < -0.39 is 0 Å². The van der Waals surface area contributed by atoms with Crippen LogP contribution in [0.2, 0.25) is 0 Å². The van der Waals surface area contributed by atoms with Crippen LogP contribution in [-0.2, 0) is 12.8 Å². The number of ether oxygens (including phenoxy) is 1. The van der Waals surface area contributed by atoms with Gasteiger partial charge in [0.2, 0.25) is 0 Å². The van der Waals surface area contributed by atoms with Crippen LogP contribution in [0.4, 0.5) is 0 Å². The highest BCUT2D eigenvalue weighted by molar-refractivity contribution is 5.35. The Morgan fingerprint density at radius 1 is 1.12 bits per heavy atom. The van der Waals surface area contributed by atoms with Gasteiger partial charge in [0, 0.05) is 19.0 Å². The molecule has 0 amide bonds. The van der Waals surface area contributed by atoms with Crippen molar-refractivity contribution in [1.82, 2.24) is 4.90 Å². The van der Waals surface area contributed by atoms with Crippen LogP contribution in [0.1, 0.15) is 28.7 Å². The number of nitrogens with zero attached hydrogens (tertiary/aromatic N) is 1. The monoisotopic (exact) mass is 347 g/mol. The zero-order valence-corrected chi connectivity index (χ0v) is 16.2. The lowest BCUT2D eigenvalue weighted by Crippen LogP contribution is -2.22. The molecular formula is C24H29NO. The van der Waals surface area contributed by atoms with Gasteiger partial charge in [0.25, 0.3) is 0 Å². The third-order valence-corrected chi connectivity index (χ3v) is 5.58. The molecule has 2 nitrogen and oxygen atoms in total. The summed E-state index contributed by atoms with van der Waals surface area (Å²) in [7, 11) is 1.71. The Morgan fingerprint density at radius 3 is 2.42 bits per heavy atom. The van der Waals surface area contributed by atoms with E-state index in [1.165, 1.54) is 34.4 Å². The summed E-state index contributed by atoms with van der Waals surface area (Å²) in [6, 6.07) is 15.0. The van der Waals surface area contributed by atoms with E-state index in [0.717, 1.165) is 31.7 Å². The highest BCUT2D eigenvalue weighted by Crippen LogP contribution is 2.32. The molecule has 0 aliphatic carbocycles. The molecule has 2 aromatic carbocycles. The van der Waals surface area contributed by atoms with E-state index >= 15 is 0 Å². The number of likely N-dealkylation sites (tertiary alicyclic amines) is 1. The molecule has 1 unspecified atom stereocenters. The van der Waals surface area contributed by atoms with Crippen molar-refractivity contribution >= 4 is 0 Å². The van der Waals surface area contributed by atoms with Crippen LogP contribution in [0.3, 0.4) is 0 Å². The van der Waals surface area contributed by atoms with Crippen LogP contribution in [0.5, 0.6) is 5.75 Å². The van der Waals surface area contributed by atoms with Gasteiger partial charge >= 0.3 is 0 Å². The smallest absolute Gasteiger partial charge is 0.118 e. The van der Waals surface area contributed by atoms with Crippen molar-refractivity contribution in [3.63, 3.8) is 0 Å². The molecule has 2 heteroatoms. The highest BCUT2D eigenvalue weighted by Gasteiger charge is 2.28. The van der Waals surface area contributed by atoms with Gasteiger partial charge in [-0.2, -0.15) is 0 Å². The fraction of sp³-hybridized carbons (Fsp3) is 0.375. The molecule has 1 atom stereocenters. The average Bonchev–Trinajstić information content (AvgIpc) is 3.05. The molecule has 26 heavy (non-hydrogen) atoms. The number of hydrogen-bond donors (Lipinski definition) is 0. The van der Waals surface area contributed by atoms with Crippen molar-refractivity contribution in [2.24, 2.45) is 5.92 Å². The number of aryl methyl sites for hydroxylation is 2. The Bertz CT molecular complexity index is 779. The van der Waals surface area contributed by atoms with E-state index in [1.54, 1.807) is 7.11 Å². The second kappa shape index (κ2) is 8.29. The number of hydrogen-bond acceptors (Lipinski definition) is 2. The summed E-state index contributed by atoms with van der Waals surface area (Å²) in [5.74, 6) is 1.44. The lowest BCUT2D eigenvalue weighted by atomic mass is 9.91. The molecule has 136 valence electrons. The van der Waals surface area contributed by atoms with Crippen molar-refractivity contribution in [2.75, 3.05) is 20.2 Å². The van der Waals surface area contributed by atoms with Crippen LogP contribution in [0.15, 0.2) is 60.5 Å². The van der Waals surface area contributed by atoms with Gasteiger partial charge in [-0.05, 0) is 67.5 Å². The van der Waals surface area contributed by atoms with Gasteiger partial charge in [-0.25, -0.2) is 0 Å². The van der Waals surface area contributed by atoms with Crippen LogP contribution in [0.25, 0.3) is 0 Å². The Kier molecular flexibility index (Phi) is 5.85. The predicted octanol–water partition coefficient (Wildman–Crippen LogP) is 5.09. The fourth-order valence-electron chi connectivity index (χ4n) is 3.99. The van der Waals surface area contributed by atoms with Gasteiger partial charge in [-0.3, -0.25) is 0 Å². The molecule has 1 aliphatic heterocycles. The summed E-state index contributed by atoms with van der Waals surface area (Å²) >= 11 is 0. The zero-order valence-electron chi connectivity index (χ0n) is 16.2. The summed E-state index contributed by atoms with van der Waals surface area (Å²) < 4.78 is 5.24.